The molecule has 0 fully saturated rings. The Labute approximate surface area is 134 Å². The van der Waals surface area contributed by atoms with Crippen molar-refractivity contribution in [3.05, 3.63) is 45.1 Å². The van der Waals surface area contributed by atoms with Crippen LogP contribution >= 0.6 is 39.5 Å². The Morgan fingerprint density at radius 2 is 2.25 bits per heavy atom. The van der Waals surface area contributed by atoms with Gasteiger partial charge < -0.3 is 15.8 Å². The summed E-state index contributed by atoms with van der Waals surface area (Å²) in [6, 6.07) is 8.83. The zero-order valence-corrected chi connectivity index (χ0v) is 13.5. The zero-order valence-electron chi connectivity index (χ0n) is 10.3. The third-order valence-electron chi connectivity index (χ3n) is 2.30. The Balaban J connectivity index is 2.04. The second kappa shape index (κ2) is 6.83. The van der Waals surface area contributed by atoms with Gasteiger partial charge in [-0.3, -0.25) is 4.79 Å². The molecule has 7 heteroatoms. The Bertz CT molecular complexity index is 643. The van der Waals surface area contributed by atoms with Crippen LogP contribution in [-0.2, 0) is 0 Å². The molecule has 4 nitrogen and oxygen atoms in total. The number of ether oxygens (including phenoxy) is 1. The number of nitrogens with one attached hydrogen (secondary N) is 1. The smallest absolute Gasteiger partial charge is 0.256 e. The highest BCUT2D eigenvalue weighted by molar-refractivity contribution is 9.11. The van der Waals surface area contributed by atoms with Gasteiger partial charge in [-0.05, 0) is 34.1 Å². The second-order valence-corrected chi connectivity index (χ2v) is 6.69. The molecular formula is C13H11BrN2O2S2. The first-order valence-corrected chi connectivity index (χ1v) is 7.69. The van der Waals surface area contributed by atoms with Crippen molar-refractivity contribution in [3.63, 3.8) is 0 Å². The fraction of sp³-hybridized carbons (Fsp3) is 0.0769. The first kappa shape index (κ1) is 15.0. The molecule has 0 aliphatic heterocycles. The molecule has 0 atom stereocenters. The van der Waals surface area contributed by atoms with Crippen molar-refractivity contribution < 1.29 is 9.53 Å². The third-order valence-corrected chi connectivity index (χ3v) is 3.92. The van der Waals surface area contributed by atoms with Crippen molar-refractivity contribution in [2.75, 3.05) is 11.9 Å². The Morgan fingerprint density at radius 3 is 2.90 bits per heavy atom. The first-order valence-electron chi connectivity index (χ1n) is 5.61. The predicted octanol–water partition coefficient (Wildman–Crippen LogP) is 3.43. The standard InChI is InChI=1S/C13H11BrN2O2S2/c14-11-4-8(7-20-11)13(17)16-9-2-1-3-10(5-9)18-6-12(15)19/h1-5,7H,6H2,(H2,15,19)(H,16,17). The summed E-state index contributed by atoms with van der Waals surface area (Å²) < 4.78 is 6.29. The van der Waals surface area contributed by atoms with Crippen LogP contribution in [0.5, 0.6) is 5.75 Å². The van der Waals surface area contributed by atoms with Gasteiger partial charge in [-0.2, -0.15) is 0 Å². The lowest BCUT2D eigenvalue weighted by molar-refractivity contribution is 0.102. The fourth-order valence-electron chi connectivity index (χ4n) is 1.45. The van der Waals surface area contributed by atoms with Crippen LogP contribution in [0.3, 0.4) is 0 Å². The number of halogens is 1. The molecule has 0 aliphatic carbocycles. The number of hydrogen-bond acceptors (Lipinski definition) is 4. The average molecular weight is 371 g/mol. The molecule has 0 aliphatic rings. The van der Waals surface area contributed by atoms with Gasteiger partial charge in [0.05, 0.1) is 9.35 Å². The Hall–Kier alpha value is -1.44. The predicted molar refractivity (Wildman–Crippen MR) is 88.7 cm³/mol. The number of carbonyl (C=O) groups excluding carboxylic acids is 1. The number of nitrogens with two attached hydrogens (primary N) is 1. The number of thiophene rings is 1. The molecule has 1 aromatic heterocycles. The largest absolute Gasteiger partial charge is 0.486 e. The maximum absolute atomic E-state index is 12.0. The summed E-state index contributed by atoms with van der Waals surface area (Å²) in [5.74, 6) is 0.431. The van der Waals surface area contributed by atoms with E-state index < -0.39 is 0 Å². The van der Waals surface area contributed by atoms with E-state index in [2.05, 4.69) is 21.2 Å². The number of rotatable bonds is 5. The molecule has 104 valence electrons. The molecular weight excluding hydrogens is 360 g/mol. The van der Waals surface area contributed by atoms with Crippen LogP contribution in [0.4, 0.5) is 5.69 Å². The van der Waals surface area contributed by atoms with Gasteiger partial charge in [0.25, 0.3) is 5.91 Å². The summed E-state index contributed by atoms with van der Waals surface area (Å²) >= 11 is 9.53. The van der Waals surface area contributed by atoms with Crippen LogP contribution in [0.15, 0.2) is 39.5 Å². The van der Waals surface area contributed by atoms with Crippen molar-refractivity contribution in [2.45, 2.75) is 0 Å². The summed E-state index contributed by atoms with van der Waals surface area (Å²) in [4.78, 5) is 12.3. The molecule has 0 saturated carbocycles. The molecule has 0 bridgehead atoms. The Kier molecular flexibility index (Phi) is 5.11. The minimum absolute atomic E-state index is 0.168. The van der Waals surface area contributed by atoms with Gasteiger partial charge in [-0.25, -0.2) is 0 Å². The van der Waals surface area contributed by atoms with Gasteiger partial charge in [-0.15, -0.1) is 11.3 Å². The number of carbonyl (C=O) groups is 1. The van der Waals surface area contributed by atoms with Gasteiger partial charge >= 0.3 is 0 Å². The minimum Gasteiger partial charge on any atom is -0.486 e. The van der Waals surface area contributed by atoms with E-state index in [0.717, 1.165) is 3.79 Å². The summed E-state index contributed by atoms with van der Waals surface area (Å²) in [7, 11) is 0. The van der Waals surface area contributed by atoms with E-state index in [9.17, 15) is 4.79 Å². The third kappa shape index (κ3) is 4.29. The van der Waals surface area contributed by atoms with E-state index in [1.165, 1.54) is 11.3 Å². The van der Waals surface area contributed by atoms with E-state index in [4.69, 9.17) is 22.7 Å². The van der Waals surface area contributed by atoms with Crippen LogP contribution in [0.1, 0.15) is 10.4 Å². The summed E-state index contributed by atoms with van der Waals surface area (Å²) in [6.45, 7) is 0.171. The molecule has 1 heterocycles. The number of hydrogen-bond donors (Lipinski definition) is 2. The van der Waals surface area contributed by atoms with Gasteiger partial charge in [0.1, 0.15) is 17.3 Å². The van der Waals surface area contributed by atoms with E-state index in [1.54, 1.807) is 35.7 Å². The van der Waals surface area contributed by atoms with Crippen molar-refractivity contribution in [2.24, 2.45) is 5.73 Å². The molecule has 0 unspecified atom stereocenters. The van der Waals surface area contributed by atoms with Gasteiger partial charge in [0.15, 0.2) is 0 Å². The normalized spacial score (nSPS) is 10.1. The molecule has 3 N–H and O–H groups in total. The van der Waals surface area contributed by atoms with Gasteiger partial charge in [0.2, 0.25) is 0 Å². The molecule has 2 aromatic rings. The van der Waals surface area contributed by atoms with E-state index in [-0.39, 0.29) is 17.5 Å². The molecule has 2 rings (SSSR count). The van der Waals surface area contributed by atoms with Crippen LogP contribution in [-0.4, -0.2) is 17.5 Å². The summed E-state index contributed by atoms with van der Waals surface area (Å²) in [6.07, 6.45) is 0. The highest BCUT2D eigenvalue weighted by Gasteiger charge is 2.08. The maximum atomic E-state index is 12.0. The average Bonchev–Trinajstić information content (AvgIpc) is 2.84. The molecule has 1 aromatic carbocycles. The summed E-state index contributed by atoms with van der Waals surface area (Å²) in [5, 5.41) is 4.59. The SMILES string of the molecule is NC(=S)COc1cccc(NC(=O)c2csc(Br)c2)c1. The highest BCUT2D eigenvalue weighted by atomic mass is 79.9. The quantitative estimate of drug-likeness (QED) is 0.791. The van der Waals surface area contributed by atoms with Crippen LogP contribution < -0.4 is 15.8 Å². The number of thiocarbonyl (C=S) groups is 1. The summed E-state index contributed by atoms with van der Waals surface area (Å²) in [5.41, 5.74) is 6.63. The van der Waals surface area contributed by atoms with Gasteiger partial charge in [-0.1, -0.05) is 18.3 Å². The Morgan fingerprint density at radius 1 is 1.45 bits per heavy atom. The van der Waals surface area contributed by atoms with E-state index in [1.807, 2.05) is 0 Å². The van der Waals surface area contributed by atoms with Crippen LogP contribution in [0.25, 0.3) is 0 Å². The lowest BCUT2D eigenvalue weighted by Crippen LogP contribution is -2.18. The van der Waals surface area contributed by atoms with Crippen LogP contribution in [0, 0.1) is 0 Å². The molecule has 20 heavy (non-hydrogen) atoms. The zero-order chi connectivity index (χ0) is 14.5. The lowest BCUT2D eigenvalue weighted by atomic mass is 10.2. The topological polar surface area (TPSA) is 64.3 Å². The van der Waals surface area contributed by atoms with Crippen molar-refractivity contribution >= 4 is 56.1 Å². The minimum atomic E-state index is -0.168. The molecule has 0 saturated heterocycles. The number of anilines is 1. The lowest BCUT2D eigenvalue weighted by Gasteiger charge is -2.08. The van der Waals surface area contributed by atoms with Crippen molar-refractivity contribution in [1.29, 1.82) is 0 Å². The molecule has 0 spiro atoms. The second-order valence-electron chi connectivity index (χ2n) is 3.88. The monoisotopic (exact) mass is 370 g/mol. The molecule has 0 radical (unpaired) electrons. The van der Waals surface area contributed by atoms with Gasteiger partial charge in [0, 0.05) is 17.1 Å². The van der Waals surface area contributed by atoms with Crippen LogP contribution in [0.2, 0.25) is 0 Å². The maximum Gasteiger partial charge on any atom is 0.256 e. The molecule has 1 amide bonds. The number of benzene rings is 1. The van der Waals surface area contributed by atoms with E-state index in [0.29, 0.717) is 17.0 Å². The van der Waals surface area contributed by atoms with Crippen molar-refractivity contribution in [3.8, 4) is 5.75 Å². The highest BCUT2D eigenvalue weighted by Crippen LogP contribution is 2.22. The number of amides is 1. The van der Waals surface area contributed by atoms with Crippen molar-refractivity contribution in [1.82, 2.24) is 0 Å². The fourth-order valence-corrected chi connectivity index (χ4v) is 2.65. The van der Waals surface area contributed by atoms with E-state index >= 15 is 0 Å². The first-order chi connectivity index (χ1) is 9.54.